The van der Waals surface area contributed by atoms with Gasteiger partial charge in [-0.2, -0.15) is 0 Å². The van der Waals surface area contributed by atoms with Crippen LogP contribution in [-0.2, 0) is 0 Å². The minimum atomic E-state index is -0.890. The van der Waals surface area contributed by atoms with E-state index in [-0.39, 0.29) is 0 Å². The largest absolute Gasteiger partial charge is 0.456 e. The number of aliphatic hydroxyl groups excluding tert-OH is 1. The van der Waals surface area contributed by atoms with Gasteiger partial charge in [-0.3, -0.25) is 4.57 Å². The van der Waals surface area contributed by atoms with Gasteiger partial charge < -0.3 is 14.4 Å². The molecule has 1 N–H and O–H groups in total. The second-order valence-corrected chi connectivity index (χ2v) is 11.6. The summed E-state index contributed by atoms with van der Waals surface area (Å²) in [6, 6.07) is 41.4. The summed E-state index contributed by atoms with van der Waals surface area (Å²) in [6.07, 6.45) is 2.72. The van der Waals surface area contributed by atoms with Crippen LogP contribution in [0, 0.1) is 0 Å². The number of para-hydroxylation sites is 2. The standard InChI is InChI=1S/C39H24N4O2/c44-38-29-14-4-3-13-28(29)37-25-10-2-1-9-23(25)17-18-33(37)42(38)24-21-40-39(41-22-24)43-32-15-7-5-11-26(32)30-19-31-27-12-6-8-16-35(27)45-36(31)20-34(30)43/h1-22,38,44H. The molecule has 0 amide bonds. The molecule has 0 fully saturated rings. The molecule has 10 rings (SSSR count). The Bertz CT molecular complexity index is 2630. The van der Waals surface area contributed by atoms with Crippen molar-refractivity contribution in [3.8, 4) is 17.1 Å². The number of furan rings is 1. The molecule has 9 aromatic rings. The van der Waals surface area contributed by atoms with Crippen molar-refractivity contribution in [1.82, 2.24) is 14.5 Å². The van der Waals surface area contributed by atoms with Crippen molar-refractivity contribution in [2.75, 3.05) is 4.90 Å². The number of hydrogen-bond donors (Lipinski definition) is 1. The van der Waals surface area contributed by atoms with Gasteiger partial charge in [-0.25, -0.2) is 9.97 Å². The normalized spacial score (nSPS) is 14.5. The van der Waals surface area contributed by atoms with Gasteiger partial charge in [-0.05, 0) is 40.6 Å². The third-order valence-corrected chi connectivity index (χ3v) is 9.19. The van der Waals surface area contributed by atoms with Crippen molar-refractivity contribution < 1.29 is 9.52 Å². The lowest BCUT2D eigenvalue weighted by atomic mass is 9.88. The molecule has 0 spiro atoms. The second kappa shape index (κ2) is 9.02. The monoisotopic (exact) mass is 580 g/mol. The Morgan fingerprint density at radius 1 is 0.600 bits per heavy atom. The average Bonchev–Trinajstić information content (AvgIpc) is 3.62. The molecular weight excluding hydrogens is 556 g/mol. The molecule has 1 aliphatic rings. The van der Waals surface area contributed by atoms with Gasteiger partial charge in [0.15, 0.2) is 6.23 Å². The Balaban J connectivity index is 1.16. The van der Waals surface area contributed by atoms with E-state index >= 15 is 0 Å². The van der Waals surface area contributed by atoms with Gasteiger partial charge in [0.1, 0.15) is 11.2 Å². The van der Waals surface area contributed by atoms with Crippen LogP contribution in [0.4, 0.5) is 11.4 Å². The summed E-state index contributed by atoms with van der Waals surface area (Å²) < 4.78 is 8.35. The van der Waals surface area contributed by atoms with Gasteiger partial charge in [0.2, 0.25) is 5.95 Å². The maximum Gasteiger partial charge on any atom is 0.234 e. The predicted molar refractivity (Wildman–Crippen MR) is 180 cm³/mol. The summed E-state index contributed by atoms with van der Waals surface area (Å²) in [5, 5.41) is 18.5. The van der Waals surface area contributed by atoms with E-state index in [0.717, 1.165) is 76.9 Å². The SMILES string of the molecule is OC1c2ccccc2-c2c(ccc3ccccc23)N1c1cnc(-n2c3ccccc3c3cc4c(cc32)oc2ccccc24)nc1. The second-order valence-electron chi connectivity index (χ2n) is 11.6. The Morgan fingerprint density at radius 2 is 1.33 bits per heavy atom. The molecule has 1 aliphatic heterocycles. The molecule has 0 aliphatic carbocycles. The summed E-state index contributed by atoms with van der Waals surface area (Å²) >= 11 is 0. The first-order valence-corrected chi connectivity index (χ1v) is 15.0. The van der Waals surface area contributed by atoms with E-state index in [9.17, 15) is 5.11 Å². The minimum absolute atomic E-state index is 0.547. The van der Waals surface area contributed by atoms with E-state index in [1.807, 2.05) is 47.4 Å². The van der Waals surface area contributed by atoms with Gasteiger partial charge in [-0.15, -0.1) is 0 Å². The summed E-state index contributed by atoms with van der Waals surface area (Å²) in [7, 11) is 0. The zero-order chi connectivity index (χ0) is 29.6. The first-order valence-electron chi connectivity index (χ1n) is 15.0. The van der Waals surface area contributed by atoms with E-state index in [1.54, 1.807) is 12.4 Å². The fourth-order valence-corrected chi connectivity index (χ4v) is 7.20. The molecule has 0 saturated carbocycles. The van der Waals surface area contributed by atoms with Crippen LogP contribution in [0.15, 0.2) is 138 Å². The molecule has 1 unspecified atom stereocenters. The van der Waals surface area contributed by atoms with Crippen LogP contribution < -0.4 is 4.90 Å². The number of rotatable bonds is 2. The van der Waals surface area contributed by atoms with Crippen LogP contribution in [0.25, 0.3) is 71.6 Å². The third kappa shape index (κ3) is 3.37. The number of nitrogens with zero attached hydrogens (tertiary/aromatic N) is 4. The number of aromatic nitrogens is 3. The number of fused-ring (bicyclic) bond motifs is 11. The summed E-state index contributed by atoms with van der Waals surface area (Å²) in [5.74, 6) is 0.547. The highest BCUT2D eigenvalue weighted by Gasteiger charge is 2.32. The molecule has 6 heteroatoms. The van der Waals surface area contributed by atoms with E-state index in [2.05, 4.69) is 83.4 Å². The molecule has 6 nitrogen and oxygen atoms in total. The van der Waals surface area contributed by atoms with Crippen molar-refractivity contribution in [3.63, 3.8) is 0 Å². The topological polar surface area (TPSA) is 67.3 Å². The van der Waals surface area contributed by atoms with Gasteiger partial charge in [0.25, 0.3) is 0 Å². The molecule has 4 heterocycles. The van der Waals surface area contributed by atoms with Crippen LogP contribution in [-0.4, -0.2) is 19.6 Å². The molecule has 45 heavy (non-hydrogen) atoms. The van der Waals surface area contributed by atoms with E-state index in [0.29, 0.717) is 11.6 Å². The molecule has 0 radical (unpaired) electrons. The molecule has 0 bridgehead atoms. The lowest BCUT2D eigenvalue weighted by molar-refractivity contribution is 0.183. The van der Waals surface area contributed by atoms with Crippen molar-refractivity contribution in [2.45, 2.75) is 6.23 Å². The van der Waals surface area contributed by atoms with Crippen LogP contribution in [0.2, 0.25) is 0 Å². The molecule has 3 aromatic heterocycles. The zero-order valence-corrected chi connectivity index (χ0v) is 23.9. The van der Waals surface area contributed by atoms with Crippen LogP contribution in [0.5, 0.6) is 0 Å². The number of hydrogen-bond acceptors (Lipinski definition) is 5. The van der Waals surface area contributed by atoms with Crippen LogP contribution in [0.3, 0.4) is 0 Å². The van der Waals surface area contributed by atoms with Crippen molar-refractivity contribution >= 4 is 65.9 Å². The highest BCUT2D eigenvalue weighted by molar-refractivity contribution is 6.17. The quantitative estimate of drug-likeness (QED) is 0.221. The summed E-state index contributed by atoms with van der Waals surface area (Å²) in [4.78, 5) is 11.8. The maximum atomic E-state index is 11.7. The van der Waals surface area contributed by atoms with E-state index in [4.69, 9.17) is 14.4 Å². The molecule has 6 aromatic carbocycles. The third-order valence-electron chi connectivity index (χ3n) is 9.19. The Hall–Kier alpha value is -5.98. The van der Waals surface area contributed by atoms with Gasteiger partial charge in [0.05, 0.1) is 34.8 Å². The fraction of sp³-hybridized carbons (Fsp3) is 0.0256. The highest BCUT2D eigenvalue weighted by Crippen LogP contribution is 2.50. The average molecular weight is 581 g/mol. The number of benzene rings is 6. The zero-order valence-electron chi connectivity index (χ0n) is 23.9. The Morgan fingerprint density at radius 3 is 2.22 bits per heavy atom. The maximum absolute atomic E-state index is 11.7. The van der Waals surface area contributed by atoms with Crippen LogP contribution >= 0.6 is 0 Å². The van der Waals surface area contributed by atoms with Gasteiger partial charge >= 0.3 is 0 Å². The smallest absolute Gasteiger partial charge is 0.234 e. The molecular formula is C39H24N4O2. The fourth-order valence-electron chi connectivity index (χ4n) is 7.20. The predicted octanol–water partition coefficient (Wildman–Crippen LogP) is 9.44. The van der Waals surface area contributed by atoms with Gasteiger partial charge in [-0.1, -0.05) is 91.0 Å². The lowest BCUT2D eigenvalue weighted by Gasteiger charge is -2.37. The Labute approximate surface area is 257 Å². The Kier molecular flexibility index (Phi) is 4.90. The van der Waals surface area contributed by atoms with E-state index in [1.165, 1.54) is 0 Å². The highest BCUT2D eigenvalue weighted by atomic mass is 16.3. The lowest BCUT2D eigenvalue weighted by Crippen LogP contribution is -2.28. The summed E-state index contributed by atoms with van der Waals surface area (Å²) in [6.45, 7) is 0. The number of aliphatic hydroxyl groups is 1. The summed E-state index contributed by atoms with van der Waals surface area (Å²) in [5.41, 5.74) is 8.28. The van der Waals surface area contributed by atoms with Gasteiger partial charge in [0, 0.05) is 38.7 Å². The van der Waals surface area contributed by atoms with Crippen LogP contribution in [0.1, 0.15) is 11.8 Å². The van der Waals surface area contributed by atoms with Crippen molar-refractivity contribution in [2.24, 2.45) is 0 Å². The molecule has 1 atom stereocenters. The van der Waals surface area contributed by atoms with Crippen molar-refractivity contribution in [1.29, 1.82) is 0 Å². The minimum Gasteiger partial charge on any atom is -0.456 e. The first-order chi connectivity index (χ1) is 22.2. The molecule has 0 saturated heterocycles. The molecule has 212 valence electrons. The first kappa shape index (κ1) is 24.5. The van der Waals surface area contributed by atoms with Crippen molar-refractivity contribution in [3.05, 3.63) is 139 Å². The van der Waals surface area contributed by atoms with E-state index < -0.39 is 6.23 Å². The number of anilines is 2.